The molecule has 1 aromatic carbocycles. The van der Waals surface area contributed by atoms with Crippen LogP contribution >= 0.6 is 0 Å². The third-order valence-electron chi connectivity index (χ3n) is 4.97. The monoisotopic (exact) mass is 290 g/mol. The van der Waals surface area contributed by atoms with E-state index in [2.05, 4.69) is 17.1 Å². The van der Waals surface area contributed by atoms with Gasteiger partial charge in [-0.2, -0.15) is 0 Å². The summed E-state index contributed by atoms with van der Waals surface area (Å²) in [5.74, 6) is 0.746. The fraction of sp³-hybridized carbons (Fsp3) is 0.667. The standard InChI is InChI=1S/C18H27FN2/c1-2-14-4-3-10-21(11-9-14)18-8-5-16(19)12-15(18)13-20-17-6-7-17/h5,8,12,14,17,20H,2-4,6-7,9-11,13H2,1H3. The maximum absolute atomic E-state index is 13.6. The predicted octanol–water partition coefficient (Wildman–Crippen LogP) is 4.09. The van der Waals surface area contributed by atoms with Crippen LogP contribution in [0.1, 0.15) is 51.0 Å². The summed E-state index contributed by atoms with van der Waals surface area (Å²) in [6.45, 7) is 5.31. The molecule has 2 aliphatic rings. The van der Waals surface area contributed by atoms with Crippen LogP contribution in [0.5, 0.6) is 0 Å². The molecule has 0 spiro atoms. The molecule has 1 atom stereocenters. The van der Waals surface area contributed by atoms with Gasteiger partial charge in [-0.25, -0.2) is 4.39 Å². The minimum Gasteiger partial charge on any atom is -0.371 e. The molecule has 1 saturated heterocycles. The molecule has 116 valence electrons. The average molecular weight is 290 g/mol. The Kier molecular flexibility index (Phi) is 4.79. The van der Waals surface area contributed by atoms with E-state index >= 15 is 0 Å². The van der Waals surface area contributed by atoms with E-state index in [0.29, 0.717) is 6.04 Å². The fourth-order valence-electron chi connectivity index (χ4n) is 3.36. The van der Waals surface area contributed by atoms with Crippen molar-refractivity contribution in [2.45, 2.75) is 58.0 Å². The molecule has 2 fully saturated rings. The van der Waals surface area contributed by atoms with E-state index in [0.717, 1.165) is 31.1 Å². The molecule has 2 nitrogen and oxygen atoms in total. The van der Waals surface area contributed by atoms with Crippen molar-refractivity contribution in [2.75, 3.05) is 18.0 Å². The van der Waals surface area contributed by atoms with Gasteiger partial charge < -0.3 is 10.2 Å². The molecule has 0 radical (unpaired) electrons. The van der Waals surface area contributed by atoms with Crippen molar-refractivity contribution in [2.24, 2.45) is 5.92 Å². The van der Waals surface area contributed by atoms with Crippen LogP contribution in [0.2, 0.25) is 0 Å². The molecule has 3 rings (SSSR count). The Morgan fingerprint density at radius 2 is 2.05 bits per heavy atom. The predicted molar refractivity (Wildman–Crippen MR) is 86.1 cm³/mol. The van der Waals surface area contributed by atoms with Crippen molar-refractivity contribution in [3.8, 4) is 0 Å². The summed E-state index contributed by atoms with van der Waals surface area (Å²) in [6.07, 6.45) is 7.69. The molecule has 21 heavy (non-hydrogen) atoms. The number of hydrogen-bond acceptors (Lipinski definition) is 2. The van der Waals surface area contributed by atoms with Gasteiger partial charge in [0.1, 0.15) is 5.82 Å². The normalized spacial score (nSPS) is 23.1. The van der Waals surface area contributed by atoms with E-state index in [9.17, 15) is 4.39 Å². The summed E-state index contributed by atoms with van der Waals surface area (Å²) in [5.41, 5.74) is 2.36. The fourth-order valence-corrected chi connectivity index (χ4v) is 3.36. The van der Waals surface area contributed by atoms with Gasteiger partial charge in [0.15, 0.2) is 0 Å². The summed E-state index contributed by atoms with van der Waals surface area (Å²) in [5, 5.41) is 3.52. The Balaban J connectivity index is 1.72. The second-order valence-corrected chi connectivity index (χ2v) is 6.62. The maximum atomic E-state index is 13.6. The number of rotatable bonds is 5. The summed E-state index contributed by atoms with van der Waals surface area (Å²) in [6, 6.07) is 5.96. The van der Waals surface area contributed by atoms with Crippen LogP contribution in [0.25, 0.3) is 0 Å². The van der Waals surface area contributed by atoms with Gasteiger partial charge in [-0.05, 0) is 61.8 Å². The SMILES string of the molecule is CCC1CCCN(c2ccc(F)cc2CNC2CC2)CC1. The topological polar surface area (TPSA) is 15.3 Å². The van der Waals surface area contributed by atoms with E-state index < -0.39 is 0 Å². The van der Waals surface area contributed by atoms with Gasteiger partial charge in [0, 0.05) is 31.4 Å². The number of benzene rings is 1. The van der Waals surface area contributed by atoms with Crippen LogP contribution < -0.4 is 10.2 Å². The minimum atomic E-state index is -0.118. The van der Waals surface area contributed by atoms with Crippen molar-refractivity contribution >= 4 is 5.69 Å². The maximum Gasteiger partial charge on any atom is 0.123 e. The molecule has 1 saturated carbocycles. The zero-order valence-corrected chi connectivity index (χ0v) is 13.1. The summed E-state index contributed by atoms with van der Waals surface area (Å²) in [4.78, 5) is 2.47. The van der Waals surface area contributed by atoms with E-state index in [1.807, 2.05) is 6.07 Å². The molecule has 0 aromatic heterocycles. The summed E-state index contributed by atoms with van der Waals surface area (Å²) in [7, 11) is 0. The third-order valence-corrected chi connectivity index (χ3v) is 4.97. The molecule has 1 unspecified atom stereocenters. The van der Waals surface area contributed by atoms with E-state index in [1.165, 1.54) is 44.2 Å². The number of hydrogen-bond donors (Lipinski definition) is 1. The lowest BCUT2D eigenvalue weighted by molar-refractivity contribution is 0.459. The first-order chi connectivity index (χ1) is 10.3. The lowest BCUT2D eigenvalue weighted by atomic mass is 9.98. The van der Waals surface area contributed by atoms with E-state index in [-0.39, 0.29) is 5.82 Å². The first-order valence-electron chi connectivity index (χ1n) is 8.53. The van der Waals surface area contributed by atoms with Crippen molar-refractivity contribution in [3.05, 3.63) is 29.6 Å². The Morgan fingerprint density at radius 3 is 2.81 bits per heavy atom. The smallest absolute Gasteiger partial charge is 0.123 e. The highest BCUT2D eigenvalue weighted by atomic mass is 19.1. The van der Waals surface area contributed by atoms with Crippen molar-refractivity contribution in [3.63, 3.8) is 0 Å². The highest BCUT2D eigenvalue weighted by molar-refractivity contribution is 5.54. The second-order valence-electron chi connectivity index (χ2n) is 6.62. The van der Waals surface area contributed by atoms with Crippen molar-refractivity contribution in [1.82, 2.24) is 5.32 Å². The zero-order valence-electron chi connectivity index (χ0n) is 13.1. The minimum absolute atomic E-state index is 0.118. The molecular formula is C18H27FN2. The average Bonchev–Trinajstić information content (AvgIpc) is 3.32. The Morgan fingerprint density at radius 1 is 1.19 bits per heavy atom. The molecule has 0 bridgehead atoms. The summed E-state index contributed by atoms with van der Waals surface area (Å²) >= 11 is 0. The van der Waals surface area contributed by atoms with Gasteiger partial charge in [-0.1, -0.05) is 13.3 Å². The van der Waals surface area contributed by atoms with Gasteiger partial charge in [0.25, 0.3) is 0 Å². The van der Waals surface area contributed by atoms with Crippen LogP contribution in [-0.2, 0) is 6.54 Å². The quantitative estimate of drug-likeness (QED) is 0.878. The van der Waals surface area contributed by atoms with E-state index in [4.69, 9.17) is 0 Å². The zero-order chi connectivity index (χ0) is 14.7. The Bertz CT molecular complexity index is 470. The summed E-state index contributed by atoms with van der Waals surface area (Å²) < 4.78 is 13.6. The van der Waals surface area contributed by atoms with Gasteiger partial charge >= 0.3 is 0 Å². The van der Waals surface area contributed by atoms with Gasteiger partial charge in [0.2, 0.25) is 0 Å². The van der Waals surface area contributed by atoms with Crippen molar-refractivity contribution in [1.29, 1.82) is 0 Å². The molecule has 1 heterocycles. The molecule has 1 aliphatic carbocycles. The lowest BCUT2D eigenvalue weighted by Crippen LogP contribution is -2.27. The number of nitrogens with zero attached hydrogens (tertiary/aromatic N) is 1. The van der Waals surface area contributed by atoms with E-state index in [1.54, 1.807) is 12.1 Å². The largest absolute Gasteiger partial charge is 0.371 e. The van der Waals surface area contributed by atoms with Gasteiger partial charge in [0.05, 0.1) is 0 Å². The van der Waals surface area contributed by atoms with Crippen LogP contribution in [0.3, 0.4) is 0 Å². The lowest BCUT2D eigenvalue weighted by Gasteiger charge is -2.26. The Labute approximate surface area is 127 Å². The first-order valence-corrected chi connectivity index (χ1v) is 8.53. The second kappa shape index (κ2) is 6.78. The van der Waals surface area contributed by atoms with Gasteiger partial charge in [-0.3, -0.25) is 0 Å². The van der Waals surface area contributed by atoms with Crippen LogP contribution in [-0.4, -0.2) is 19.1 Å². The number of anilines is 1. The molecule has 1 aliphatic heterocycles. The van der Waals surface area contributed by atoms with Crippen LogP contribution in [0.4, 0.5) is 10.1 Å². The molecule has 1 aromatic rings. The van der Waals surface area contributed by atoms with Gasteiger partial charge in [-0.15, -0.1) is 0 Å². The highest BCUT2D eigenvalue weighted by Crippen LogP contribution is 2.28. The number of halogens is 1. The first kappa shape index (κ1) is 14.8. The molecule has 3 heteroatoms. The van der Waals surface area contributed by atoms with Crippen LogP contribution in [0, 0.1) is 11.7 Å². The highest BCUT2D eigenvalue weighted by Gasteiger charge is 2.22. The third kappa shape index (κ3) is 3.97. The molecule has 1 N–H and O–H groups in total. The van der Waals surface area contributed by atoms with Crippen LogP contribution in [0.15, 0.2) is 18.2 Å². The number of nitrogens with one attached hydrogen (secondary N) is 1. The van der Waals surface area contributed by atoms with Crippen molar-refractivity contribution < 1.29 is 4.39 Å². The Hall–Kier alpha value is -1.09. The molecule has 0 amide bonds. The molecular weight excluding hydrogens is 263 g/mol.